The van der Waals surface area contributed by atoms with Crippen molar-refractivity contribution in [2.24, 2.45) is 0 Å². The molecule has 0 bridgehead atoms. The second-order valence-electron chi connectivity index (χ2n) is 7.28. The fraction of sp³-hybridized carbons (Fsp3) is 0.588. The number of carbonyl (C=O) groups excluding carboxylic acids is 1. The Labute approximate surface area is 122 Å². The molecule has 0 unspecified atom stereocenters. The topological polar surface area (TPSA) is 49.3 Å². The van der Waals surface area contributed by atoms with Crippen molar-refractivity contribution in [2.45, 2.75) is 59.3 Å². The van der Waals surface area contributed by atoms with E-state index in [0.29, 0.717) is 17.9 Å². The Morgan fingerprint density at radius 1 is 1.05 bits per heavy atom. The van der Waals surface area contributed by atoms with E-state index in [4.69, 9.17) is 0 Å². The van der Waals surface area contributed by atoms with Crippen molar-refractivity contribution in [3.8, 4) is 5.75 Å². The summed E-state index contributed by atoms with van der Waals surface area (Å²) < 4.78 is 0. The second-order valence-corrected chi connectivity index (χ2v) is 7.28. The predicted octanol–water partition coefficient (Wildman–Crippen LogP) is 3.74. The van der Waals surface area contributed by atoms with Crippen LogP contribution in [-0.2, 0) is 10.8 Å². The van der Waals surface area contributed by atoms with Crippen molar-refractivity contribution < 1.29 is 9.90 Å². The SMILES string of the molecule is CCNC(=O)c1cc(C(C)(C)C)c(O)c(C(C)(C)C)c1. The van der Waals surface area contributed by atoms with E-state index in [2.05, 4.69) is 5.32 Å². The van der Waals surface area contributed by atoms with Gasteiger partial charge in [-0.2, -0.15) is 0 Å². The summed E-state index contributed by atoms with van der Waals surface area (Å²) in [6.45, 7) is 14.7. The van der Waals surface area contributed by atoms with E-state index in [1.54, 1.807) is 12.1 Å². The van der Waals surface area contributed by atoms with Gasteiger partial charge in [0.25, 0.3) is 5.91 Å². The van der Waals surface area contributed by atoms with Crippen LogP contribution in [-0.4, -0.2) is 17.6 Å². The molecule has 1 amide bonds. The molecule has 0 spiro atoms. The molecule has 3 nitrogen and oxygen atoms in total. The first-order valence-corrected chi connectivity index (χ1v) is 7.14. The van der Waals surface area contributed by atoms with Gasteiger partial charge in [0.2, 0.25) is 0 Å². The summed E-state index contributed by atoms with van der Waals surface area (Å²) in [5.41, 5.74) is 1.80. The van der Waals surface area contributed by atoms with Gasteiger partial charge in [0.05, 0.1) is 0 Å². The highest BCUT2D eigenvalue weighted by atomic mass is 16.3. The third-order valence-corrected chi connectivity index (χ3v) is 3.33. The van der Waals surface area contributed by atoms with Crippen LogP contribution in [0.4, 0.5) is 0 Å². The lowest BCUT2D eigenvalue weighted by molar-refractivity contribution is 0.0955. The monoisotopic (exact) mass is 277 g/mol. The molecule has 1 aromatic carbocycles. The lowest BCUT2D eigenvalue weighted by atomic mass is 9.78. The van der Waals surface area contributed by atoms with Gasteiger partial charge in [-0.15, -0.1) is 0 Å². The highest BCUT2D eigenvalue weighted by molar-refractivity contribution is 5.95. The van der Waals surface area contributed by atoms with E-state index in [1.165, 1.54) is 0 Å². The van der Waals surface area contributed by atoms with E-state index in [0.717, 1.165) is 11.1 Å². The first kappa shape index (κ1) is 16.5. The van der Waals surface area contributed by atoms with E-state index in [9.17, 15) is 9.90 Å². The number of amides is 1. The average Bonchev–Trinajstić information content (AvgIpc) is 2.26. The van der Waals surface area contributed by atoms with Crippen LogP contribution in [0.5, 0.6) is 5.75 Å². The summed E-state index contributed by atoms with van der Waals surface area (Å²) in [7, 11) is 0. The lowest BCUT2D eigenvalue weighted by Gasteiger charge is -2.28. The molecule has 0 saturated heterocycles. The molecule has 0 radical (unpaired) electrons. The maximum absolute atomic E-state index is 12.1. The second kappa shape index (κ2) is 5.47. The van der Waals surface area contributed by atoms with Gasteiger partial charge in [0, 0.05) is 23.2 Å². The lowest BCUT2D eigenvalue weighted by Crippen LogP contribution is -2.25. The van der Waals surface area contributed by atoms with Gasteiger partial charge in [0.15, 0.2) is 0 Å². The van der Waals surface area contributed by atoms with Gasteiger partial charge in [-0.1, -0.05) is 41.5 Å². The zero-order valence-electron chi connectivity index (χ0n) is 13.7. The van der Waals surface area contributed by atoms with Gasteiger partial charge >= 0.3 is 0 Å². The molecule has 0 aliphatic rings. The zero-order chi connectivity index (χ0) is 15.7. The van der Waals surface area contributed by atoms with Crippen molar-refractivity contribution in [1.82, 2.24) is 5.32 Å². The molecule has 3 heteroatoms. The molecule has 20 heavy (non-hydrogen) atoms. The maximum Gasteiger partial charge on any atom is 0.251 e. The Balaban J connectivity index is 3.55. The quantitative estimate of drug-likeness (QED) is 0.865. The largest absolute Gasteiger partial charge is 0.507 e. The number of hydrogen-bond donors (Lipinski definition) is 2. The molecule has 0 heterocycles. The zero-order valence-corrected chi connectivity index (χ0v) is 13.7. The summed E-state index contributed by atoms with van der Waals surface area (Å²) in [4.78, 5) is 12.1. The third-order valence-electron chi connectivity index (χ3n) is 3.33. The molecule has 0 aromatic heterocycles. The Morgan fingerprint density at radius 3 is 1.75 bits per heavy atom. The summed E-state index contributed by atoms with van der Waals surface area (Å²) in [6.07, 6.45) is 0. The van der Waals surface area contributed by atoms with E-state index in [-0.39, 0.29) is 16.7 Å². The highest BCUT2D eigenvalue weighted by Crippen LogP contribution is 2.39. The molecule has 0 saturated carbocycles. The van der Waals surface area contributed by atoms with Crippen LogP contribution in [0.1, 0.15) is 70.0 Å². The smallest absolute Gasteiger partial charge is 0.251 e. The van der Waals surface area contributed by atoms with Gasteiger partial charge in [-0.05, 0) is 29.9 Å². The minimum Gasteiger partial charge on any atom is -0.507 e. The Kier molecular flexibility index (Phi) is 4.52. The standard InChI is InChI=1S/C17H27NO2/c1-8-18-15(20)11-9-12(16(2,3)4)14(19)13(10-11)17(5,6)7/h9-10,19H,8H2,1-7H3,(H,18,20). The van der Waals surface area contributed by atoms with Crippen molar-refractivity contribution >= 4 is 5.91 Å². The minimum atomic E-state index is -0.216. The number of phenols is 1. The number of phenolic OH excluding ortho intramolecular Hbond substituents is 1. The van der Waals surface area contributed by atoms with Crippen LogP contribution in [0.15, 0.2) is 12.1 Å². The number of rotatable bonds is 2. The molecule has 0 aliphatic heterocycles. The van der Waals surface area contributed by atoms with Gasteiger partial charge in [0.1, 0.15) is 5.75 Å². The first-order chi connectivity index (χ1) is 8.98. The molecular weight excluding hydrogens is 250 g/mol. The van der Waals surface area contributed by atoms with Crippen LogP contribution < -0.4 is 5.32 Å². The summed E-state index contributed by atoms with van der Waals surface area (Å²) in [6, 6.07) is 3.60. The minimum absolute atomic E-state index is 0.0940. The molecule has 112 valence electrons. The fourth-order valence-corrected chi connectivity index (χ4v) is 2.17. The fourth-order valence-electron chi connectivity index (χ4n) is 2.17. The Bertz CT molecular complexity index is 470. The highest BCUT2D eigenvalue weighted by Gasteiger charge is 2.27. The number of benzene rings is 1. The molecule has 1 rings (SSSR count). The van der Waals surface area contributed by atoms with E-state index >= 15 is 0 Å². The van der Waals surface area contributed by atoms with Crippen LogP contribution >= 0.6 is 0 Å². The maximum atomic E-state index is 12.1. The number of nitrogens with one attached hydrogen (secondary N) is 1. The normalized spacial score (nSPS) is 12.3. The number of aromatic hydroxyl groups is 1. The van der Waals surface area contributed by atoms with Crippen LogP contribution in [0.3, 0.4) is 0 Å². The van der Waals surface area contributed by atoms with Gasteiger partial charge < -0.3 is 10.4 Å². The molecule has 1 aromatic rings. The van der Waals surface area contributed by atoms with Crippen LogP contribution in [0.25, 0.3) is 0 Å². The average molecular weight is 277 g/mol. The predicted molar refractivity (Wildman–Crippen MR) is 83.5 cm³/mol. The van der Waals surface area contributed by atoms with Gasteiger partial charge in [-0.3, -0.25) is 4.79 Å². The molecule has 0 fully saturated rings. The third kappa shape index (κ3) is 3.53. The van der Waals surface area contributed by atoms with Crippen LogP contribution in [0.2, 0.25) is 0 Å². The van der Waals surface area contributed by atoms with Crippen molar-refractivity contribution in [3.05, 3.63) is 28.8 Å². The summed E-state index contributed by atoms with van der Waals surface area (Å²) >= 11 is 0. The molecule has 0 aliphatic carbocycles. The summed E-state index contributed by atoms with van der Waals surface area (Å²) in [5, 5.41) is 13.4. The van der Waals surface area contributed by atoms with Crippen molar-refractivity contribution in [1.29, 1.82) is 0 Å². The summed E-state index contributed by atoms with van der Waals surface area (Å²) in [5.74, 6) is 0.210. The van der Waals surface area contributed by atoms with Gasteiger partial charge in [-0.25, -0.2) is 0 Å². The molecule has 0 atom stereocenters. The molecular formula is C17H27NO2. The van der Waals surface area contributed by atoms with Crippen molar-refractivity contribution in [3.63, 3.8) is 0 Å². The number of hydrogen-bond acceptors (Lipinski definition) is 2. The Hall–Kier alpha value is -1.51. The Morgan fingerprint density at radius 2 is 1.45 bits per heavy atom. The van der Waals surface area contributed by atoms with Crippen molar-refractivity contribution in [2.75, 3.05) is 6.54 Å². The first-order valence-electron chi connectivity index (χ1n) is 7.14. The van der Waals surface area contributed by atoms with Crippen LogP contribution in [0, 0.1) is 0 Å². The molecule has 2 N–H and O–H groups in total. The van der Waals surface area contributed by atoms with E-state index < -0.39 is 0 Å². The number of carbonyl (C=O) groups is 1. The van der Waals surface area contributed by atoms with E-state index in [1.807, 2.05) is 48.5 Å².